The van der Waals surface area contributed by atoms with Gasteiger partial charge >= 0.3 is 0 Å². The Morgan fingerprint density at radius 2 is 2.31 bits per heavy atom. The number of methoxy groups -OCH3 is 1. The maximum absolute atomic E-state index is 11.1. The van der Waals surface area contributed by atoms with E-state index in [1.54, 1.807) is 7.11 Å². The molecule has 0 saturated carbocycles. The van der Waals surface area contributed by atoms with Gasteiger partial charge in [-0.1, -0.05) is 6.07 Å². The third-order valence-electron chi connectivity index (χ3n) is 2.17. The van der Waals surface area contributed by atoms with Crippen molar-refractivity contribution >= 4 is 33.4 Å². The molecule has 3 nitrogen and oxygen atoms in total. The quantitative estimate of drug-likeness (QED) is 0.869. The molecule has 1 atom stereocenters. The second-order valence-corrected chi connectivity index (χ2v) is 4.44. The van der Waals surface area contributed by atoms with Crippen molar-refractivity contribution in [2.75, 3.05) is 13.0 Å². The molecule has 88 valence electrons. The van der Waals surface area contributed by atoms with E-state index in [4.69, 9.17) is 16.3 Å². The Bertz CT molecular complexity index is 384. The van der Waals surface area contributed by atoms with Gasteiger partial charge in [-0.3, -0.25) is 4.79 Å². The van der Waals surface area contributed by atoms with Crippen LogP contribution in [0, 0.1) is 0 Å². The van der Waals surface area contributed by atoms with Crippen LogP contribution in [0.1, 0.15) is 18.5 Å². The lowest BCUT2D eigenvalue weighted by Gasteiger charge is -2.14. The van der Waals surface area contributed by atoms with E-state index < -0.39 is 0 Å². The van der Waals surface area contributed by atoms with E-state index in [2.05, 4.69) is 21.2 Å². The molecule has 0 spiro atoms. The van der Waals surface area contributed by atoms with Crippen LogP contribution in [0.25, 0.3) is 0 Å². The van der Waals surface area contributed by atoms with Gasteiger partial charge in [0, 0.05) is 0 Å². The van der Waals surface area contributed by atoms with Crippen LogP contribution in [-0.4, -0.2) is 18.9 Å². The number of nitrogens with one attached hydrogen (secondary N) is 1. The van der Waals surface area contributed by atoms with Gasteiger partial charge in [-0.2, -0.15) is 0 Å². The zero-order valence-corrected chi connectivity index (χ0v) is 11.4. The van der Waals surface area contributed by atoms with Gasteiger partial charge in [0.25, 0.3) is 0 Å². The fourth-order valence-electron chi connectivity index (χ4n) is 1.32. The van der Waals surface area contributed by atoms with E-state index in [9.17, 15) is 4.79 Å². The van der Waals surface area contributed by atoms with Crippen molar-refractivity contribution in [3.8, 4) is 5.75 Å². The van der Waals surface area contributed by atoms with E-state index in [0.29, 0.717) is 0 Å². The highest BCUT2D eigenvalue weighted by Crippen LogP contribution is 2.27. The average molecular weight is 307 g/mol. The molecule has 0 aromatic heterocycles. The summed E-state index contributed by atoms with van der Waals surface area (Å²) in [7, 11) is 1.61. The molecule has 1 amide bonds. The first-order valence-electron chi connectivity index (χ1n) is 4.77. The Kier molecular flexibility index (Phi) is 5.09. The fraction of sp³-hybridized carbons (Fsp3) is 0.364. The van der Waals surface area contributed by atoms with Crippen LogP contribution < -0.4 is 10.1 Å². The first-order valence-corrected chi connectivity index (χ1v) is 6.10. The minimum atomic E-state index is -0.180. The maximum atomic E-state index is 11.1. The summed E-state index contributed by atoms with van der Waals surface area (Å²) in [6.07, 6.45) is 0. The summed E-state index contributed by atoms with van der Waals surface area (Å²) in [5.74, 6) is 0.558. The van der Waals surface area contributed by atoms with E-state index in [-0.39, 0.29) is 17.8 Å². The molecule has 0 aliphatic heterocycles. The Morgan fingerprint density at radius 1 is 1.62 bits per heavy atom. The van der Waals surface area contributed by atoms with Gasteiger partial charge in [0.05, 0.1) is 17.6 Å². The topological polar surface area (TPSA) is 38.3 Å². The number of rotatable bonds is 4. The molecule has 16 heavy (non-hydrogen) atoms. The molecular weight excluding hydrogens is 293 g/mol. The highest BCUT2D eigenvalue weighted by molar-refractivity contribution is 9.10. The molecule has 1 rings (SSSR count). The SMILES string of the molecule is COc1ccc(C(C)NC(=O)CCl)cc1Br. The van der Waals surface area contributed by atoms with E-state index >= 15 is 0 Å². The van der Waals surface area contributed by atoms with Gasteiger partial charge in [0.1, 0.15) is 11.6 Å². The zero-order chi connectivity index (χ0) is 12.1. The van der Waals surface area contributed by atoms with Crippen molar-refractivity contribution in [1.29, 1.82) is 0 Å². The third kappa shape index (κ3) is 3.39. The monoisotopic (exact) mass is 305 g/mol. The van der Waals surface area contributed by atoms with Gasteiger partial charge in [-0.05, 0) is 40.5 Å². The minimum Gasteiger partial charge on any atom is -0.496 e. The summed E-state index contributed by atoms with van der Waals surface area (Å²) in [5, 5.41) is 2.78. The Hall–Kier alpha value is -0.740. The molecule has 1 aromatic carbocycles. The molecule has 0 fully saturated rings. The van der Waals surface area contributed by atoms with Crippen LogP contribution >= 0.6 is 27.5 Å². The minimum absolute atomic E-state index is 0.0261. The van der Waals surface area contributed by atoms with Crippen molar-refractivity contribution in [3.63, 3.8) is 0 Å². The first-order chi connectivity index (χ1) is 7.58. The number of halogens is 2. The van der Waals surface area contributed by atoms with Crippen LogP contribution in [0.2, 0.25) is 0 Å². The normalized spacial score (nSPS) is 12.0. The number of amides is 1. The molecule has 1 N–H and O–H groups in total. The summed E-state index contributed by atoms with van der Waals surface area (Å²) >= 11 is 8.82. The molecule has 0 radical (unpaired) electrons. The van der Waals surface area contributed by atoms with Crippen LogP contribution in [0.15, 0.2) is 22.7 Å². The number of hydrogen-bond acceptors (Lipinski definition) is 2. The number of ether oxygens (including phenoxy) is 1. The van der Waals surface area contributed by atoms with E-state index in [1.807, 2.05) is 25.1 Å². The maximum Gasteiger partial charge on any atom is 0.235 e. The Balaban J connectivity index is 2.80. The molecule has 5 heteroatoms. The molecular formula is C11H13BrClNO2. The van der Waals surface area contributed by atoms with Crippen molar-refractivity contribution < 1.29 is 9.53 Å². The van der Waals surface area contributed by atoms with Crippen molar-refractivity contribution in [1.82, 2.24) is 5.32 Å². The van der Waals surface area contributed by atoms with E-state index in [0.717, 1.165) is 15.8 Å². The lowest BCUT2D eigenvalue weighted by molar-refractivity contribution is -0.119. The second-order valence-electron chi connectivity index (χ2n) is 3.32. The van der Waals surface area contributed by atoms with Gasteiger partial charge < -0.3 is 10.1 Å². The number of benzene rings is 1. The third-order valence-corrected chi connectivity index (χ3v) is 3.04. The predicted molar refractivity (Wildman–Crippen MR) is 68.0 cm³/mol. The first kappa shape index (κ1) is 13.3. The molecule has 0 heterocycles. The van der Waals surface area contributed by atoms with Crippen LogP contribution in [0.5, 0.6) is 5.75 Å². The average Bonchev–Trinajstić information content (AvgIpc) is 2.28. The van der Waals surface area contributed by atoms with Gasteiger partial charge in [-0.15, -0.1) is 11.6 Å². The van der Waals surface area contributed by atoms with Crippen molar-refractivity contribution in [2.45, 2.75) is 13.0 Å². The standard InChI is InChI=1S/C11H13BrClNO2/c1-7(14-11(15)6-13)8-3-4-10(16-2)9(12)5-8/h3-5,7H,6H2,1-2H3,(H,14,15). The lowest BCUT2D eigenvalue weighted by atomic mass is 10.1. The number of hydrogen-bond donors (Lipinski definition) is 1. The molecule has 0 bridgehead atoms. The number of carbonyl (C=O) groups excluding carboxylic acids is 1. The molecule has 0 saturated heterocycles. The highest BCUT2D eigenvalue weighted by Gasteiger charge is 2.10. The smallest absolute Gasteiger partial charge is 0.235 e. The fourth-order valence-corrected chi connectivity index (χ4v) is 1.95. The molecule has 1 unspecified atom stereocenters. The summed E-state index contributed by atoms with van der Waals surface area (Å²) in [5.41, 5.74) is 0.992. The van der Waals surface area contributed by atoms with E-state index in [1.165, 1.54) is 0 Å². The number of carbonyl (C=O) groups is 1. The summed E-state index contributed by atoms with van der Waals surface area (Å²) in [6, 6.07) is 5.59. The highest BCUT2D eigenvalue weighted by atomic mass is 79.9. The largest absolute Gasteiger partial charge is 0.496 e. The summed E-state index contributed by atoms with van der Waals surface area (Å²) in [4.78, 5) is 11.1. The lowest BCUT2D eigenvalue weighted by Crippen LogP contribution is -2.27. The van der Waals surface area contributed by atoms with Crippen molar-refractivity contribution in [2.24, 2.45) is 0 Å². The van der Waals surface area contributed by atoms with Gasteiger partial charge in [0.2, 0.25) is 5.91 Å². The number of alkyl halides is 1. The summed E-state index contributed by atoms with van der Waals surface area (Å²) in [6.45, 7) is 1.90. The van der Waals surface area contributed by atoms with Gasteiger partial charge in [0.15, 0.2) is 0 Å². The Morgan fingerprint density at radius 3 is 2.81 bits per heavy atom. The molecule has 0 aliphatic rings. The van der Waals surface area contributed by atoms with Crippen molar-refractivity contribution in [3.05, 3.63) is 28.2 Å². The second kappa shape index (κ2) is 6.11. The van der Waals surface area contributed by atoms with Gasteiger partial charge in [-0.25, -0.2) is 0 Å². The van der Waals surface area contributed by atoms with Crippen LogP contribution in [0.4, 0.5) is 0 Å². The summed E-state index contributed by atoms with van der Waals surface area (Å²) < 4.78 is 5.99. The van der Waals surface area contributed by atoms with Crippen LogP contribution in [-0.2, 0) is 4.79 Å². The Labute approximate surface area is 108 Å². The van der Waals surface area contributed by atoms with Crippen LogP contribution in [0.3, 0.4) is 0 Å². The molecule has 1 aromatic rings. The molecule has 0 aliphatic carbocycles. The predicted octanol–water partition coefficient (Wildman–Crippen LogP) is 2.87. The zero-order valence-electron chi connectivity index (χ0n) is 9.09.